The Bertz CT molecular complexity index is 1220. The summed E-state index contributed by atoms with van der Waals surface area (Å²) < 4.78 is 32.3. The van der Waals surface area contributed by atoms with Gasteiger partial charge in [0.2, 0.25) is 15.9 Å². The Morgan fingerprint density at radius 2 is 1.79 bits per heavy atom. The molecule has 2 saturated heterocycles. The topological polar surface area (TPSA) is 125 Å². The molecule has 4 rings (SSSR count). The molecule has 2 heterocycles. The van der Waals surface area contributed by atoms with Crippen LogP contribution in [0.5, 0.6) is 0 Å². The summed E-state index contributed by atoms with van der Waals surface area (Å²) in [5.41, 5.74) is 0.586. The van der Waals surface area contributed by atoms with Crippen LogP contribution in [0.2, 0.25) is 0 Å². The first-order chi connectivity index (χ1) is 16.1. The van der Waals surface area contributed by atoms with Crippen LogP contribution in [0.1, 0.15) is 18.1 Å². The lowest BCUT2D eigenvalue weighted by Crippen LogP contribution is -2.42. The third-order valence-electron chi connectivity index (χ3n) is 5.93. The number of ether oxygens (including phenoxy) is 1. The molecule has 2 aliphatic heterocycles. The summed E-state index contributed by atoms with van der Waals surface area (Å²) in [4.78, 5) is 39.1. The molecule has 0 aromatic heterocycles. The number of hydrogen-bond donors (Lipinski definition) is 2. The van der Waals surface area contributed by atoms with Gasteiger partial charge in [0.05, 0.1) is 18.1 Å². The number of amides is 4. The van der Waals surface area contributed by atoms with Gasteiger partial charge in [-0.3, -0.25) is 14.5 Å². The highest BCUT2D eigenvalue weighted by Crippen LogP contribution is 2.29. The lowest BCUT2D eigenvalue weighted by molar-refractivity contribution is -0.133. The average Bonchev–Trinajstić information content (AvgIpc) is 3.04. The van der Waals surface area contributed by atoms with Crippen LogP contribution in [0, 0.1) is 6.92 Å². The number of nitrogens with one attached hydrogen (secondary N) is 2. The Morgan fingerprint density at radius 1 is 1.12 bits per heavy atom. The van der Waals surface area contributed by atoms with Crippen LogP contribution in [-0.2, 0) is 29.9 Å². The standard InChI is InChI=1S/C23H26N4O6S/c1-16-6-8-17(9-7-16)23(2)21(29)27(22(30)25-23)15-20(28)24-18-4-3-5-19(14-18)34(31,32)26-10-12-33-13-11-26/h3-9,14H,10-13,15H2,1-2H3,(H,24,28)(H,25,30). The highest BCUT2D eigenvalue weighted by atomic mass is 32.2. The largest absolute Gasteiger partial charge is 0.379 e. The summed E-state index contributed by atoms with van der Waals surface area (Å²) >= 11 is 0. The number of imide groups is 1. The summed E-state index contributed by atoms with van der Waals surface area (Å²) in [6.07, 6.45) is 0. The number of anilines is 1. The van der Waals surface area contributed by atoms with Crippen LogP contribution in [0.15, 0.2) is 53.4 Å². The molecule has 11 heteroatoms. The minimum atomic E-state index is -3.74. The van der Waals surface area contributed by atoms with Gasteiger partial charge in [0.15, 0.2) is 0 Å². The van der Waals surface area contributed by atoms with Crippen molar-refractivity contribution >= 4 is 33.6 Å². The lowest BCUT2D eigenvalue weighted by Gasteiger charge is -2.26. The van der Waals surface area contributed by atoms with Crippen molar-refractivity contribution in [2.75, 3.05) is 38.2 Å². The molecule has 2 aromatic carbocycles. The number of rotatable bonds is 6. The Balaban J connectivity index is 1.46. The van der Waals surface area contributed by atoms with Gasteiger partial charge >= 0.3 is 6.03 Å². The van der Waals surface area contributed by atoms with E-state index in [-0.39, 0.29) is 23.7 Å². The maximum Gasteiger partial charge on any atom is 0.325 e. The van der Waals surface area contributed by atoms with Gasteiger partial charge in [0.25, 0.3) is 5.91 Å². The highest BCUT2D eigenvalue weighted by Gasteiger charge is 2.49. The van der Waals surface area contributed by atoms with Crippen molar-refractivity contribution in [1.29, 1.82) is 0 Å². The first-order valence-electron chi connectivity index (χ1n) is 10.8. The lowest BCUT2D eigenvalue weighted by atomic mass is 9.91. The Morgan fingerprint density at radius 3 is 2.47 bits per heavy atom. The number of urea groups is 1. The third kappa shape index (κ3) is 4.54. The fraction of sp³-hybridized carbons (Fsp3) is 0.348. The van der Waals surface area contributed by atoms with E-state index in [4.69, 9.17) is 4.74 Å². The normalized spacial score (nSPS) is 21.4. The first-order valence-corrected chi connectivity index (χ1v) is 12.2. The van der Waals surface area contributed by atoms with Gasteiger partial charge in [-0.2, -0.15) is 4.31 Å². The molecule has 0 spiro atoms. The molecular weight excluding hydrogens is 460 g/mol. The summed E-state index contributed by atoms with van der Waals surface area (Å²) in [6.45, 7) is 4.16. The first kappa shape index (κ1) is 23.9. The average molecular weight is 487 g/mol. The van der Waals surface area contributed by atoms with E-state index in [1.807, 2.05) is 19.1 Å². The fourth-order valence-corrected chi connectivity index (χ4v) is 5.39. The van der Waals surface area contributed by atoms with Crippen molar-refractivity contribution in [1.82, 2.24) is 14.5 Å². The van der Waals surface area contributed by atoms with E-state index >= 15 is 0 Å². The second kappa shape index (κ2) is 9.16. The predicted octanol–water partition coefficient (Wildman–Crippen LogP) is 1.42. The van der Waals surface area contributed by atoms with E-state index in [2.05, 4.69) is 10.6 Å². The van der Waals surface area contributed by atoms with Crippen molar-refractivity contribution in [3.8, 4) is 0 Å². The van der Waals surface area contributed by atoms with E-state index in [1.165, 1.54) is 22.5 Å². The molecule has 1 atom stereocenters. The van der Waals surface area contributed by atoms with E-state index < -0.39 is 40.0 Å². The van der Waals surface area contributed by atoms with Crippen molar-refractivity contribution in [2.45, 2.75) is 24.3 Å². The number of nitrogens with zero attached hydrogens (tertiary/aromatic N) is 2. The van der Waals surface area contributed by atoms with Gasteiger partial charge in [-0.05, 0) is 37.6 Å². The second-order valence-corrected chi connectivity index (χ2v) is 10.3. The van der Waals surface area contributed by atoms with Gasteiger partial charge in [0, 0.05) is 18.8 Å². The molecule has 0 aliphatic carbocycles. The maximum absolute atomic E-state index is 13.0. The van der Waals surface area contributed by atoms with Crippen molar-refractivity contribution in [3.63, 3.8) is 0 Å². The van der Waals surface area contributed by atoms with E-state index in [1.54, 1.807) is 25.1 Å². The van der Waals surface area contributed by atoms with Crippen molar-refractivity contribution in [2.24, 2.45) is 0 Å². The van der Waals surface area contributed by atoms with Gasteiger partial charge in [-0.1, -0.05) is 35.9 Å². The van der Waals surface area contributed by atoms with Crippen LogP contribution >= 0.6 is 0 Å². The second-order valence-electron chi connectivity index (χ2n) is 8.40. The molecule has 2 aliphatic rings. The zero-order valence-electron chi connectivity index (χ0n) is 18.9. The van der Waals surface area contributed by atoms with Crippen LogP contribution in [0.3, 0.4) is 0 Å². The smallest absolute Gasteiger partial charge is 0.325 e. The minimum Gasteiger partial charge on any atom is -0.379 e. The quantitative estimate of drug-likeness (QED) is 0.595. The number of carbonyl (C=O) groups excluding carboxylic acids is 3. The summed E-state index contributed by atoms with van der Waals surface area (Å²) in [5.74, 6) is -1.17. The molecule has 0 radical (unpaired) electrons. The predicted molar refractivity (Wildman–Crippen MR) is 123 cm³/mol. The molecule has 2 N–H and O–H groups in total. The zero-order chi connectivity index (χ0) is 24.5. The number of benzene rings is 2. The van der Waals surface area contributed by atoms with Crippen molar-refractivity contribution < 1.29 is 27.5 Å². The molecule has 4 amide bonds. The summed E-state index contributed by atoms with van der Waals surface area (Å²) in [7, 11) is -3.74. The summed E-state index contributed by atoms with van der Waals surface area (Å²) in [6, 6.07) is 12.4. The highest BCUT2D eigenvalue weighted by molar-refractivity contribution is 7.89. The molecule has 34 heavy (non-hydrogen) atoms. The van der Waals surface area contributed by atoms with Gasteiger partial charge in [-0.25, -0.2) is 13.2 Å². The van der Waals surface area contributed by atoms with E-state index in [0.717, 1.165) is 10.5 Å². The number of morpholine rings is 1. The molecule has 0 bridgehead atoms. The molecule has 0 saturated carbocycles. The Labute approximate surface area is 197 Å². The molecule has 180 valence electrons. The van der Waals surface area contributed by atoms with Crippen LogP contribution in [0.25, 0.3) is 0 Å². The van der Waals surface area contributed by atoms with Gasteiger partial charge in [-0.15, -0.1) is 0 Å². The Hall–Kier alpha value is -3.28. The minimum absolute atomic E-state index is 0.0362. The molecule has 10 nitrogen and oxygen atoms in total. The number of aryl methyl sites for hydroxylation is 1. The van der Waals surface area contributed by atoms with E-state index in [0.29, 0.717) is 18.8 Å². The van der Waals surface area contributed by atoms with Crippen LogP contribution in [-0.4, -0.2) is 68.3 Å². The number of hydrogen-bond acceptors (Lipinski definition) is 6. The van der Waals surface area contributed by atoms with Crippen LogP contribution < -0.4 is 10.6 Å². The number of carbonyl (C=O) groups is 3. The zero-order valence-corrected chi connectivity index (χ0v) is 19.7. The Kier molecular flexibility index (Phi) is 6.43. The van der Waals surface area contributed by atoms with Gasteiger partial charge < -0.3 is 15.4 Å². The van der Waals surface area contributed by atoms with E-state index in [9.17, 15) is 22.8 Å². The summed E-state index contributed by atoms with van der Waals surface area (Å²) in [5, 5.41) is 5.24. The molecular formula is C23H26N4O6S. The molecule has 2 aromatic rings. The fourth-order valence-electron chi connectivity index (χ4n) is 3.94. The molecule has 1 unspecified atom stereocenters. The monoisotopic (exact) mass is 486 g/mol. The SMILES string of the molecule is Cc1ccc(C2(C)NC(=O)N(CC(=O)Nc3cccc(S(=O)(=O)N4CCOCC4)c3)C2=O)cc1. The molecule has 2 fully saturated rings. The van der Waals surface area contributed by atoms with Gasteiger partial charge in [0.1, 0.15) is 12.1 Å². The van der Waals surface area contributed by atoms with Crippen molar-refractivity contribution in [3.05, 3.63) is 59.7 Å². The maximum atomic E-state index is 13.0. The van der Waals surface area contributed by atoms with Crippen LogP contribution in [0.4, 0.5) is 10.5 Å². The third-order valence-corrected chi connectivity index (χ3v) is 7.83. The number of sulfonamides is 1.